The van der Waals surface area contributed by atoms with E-state index in [-0.39, 0.29) is 5.91 Å². The van der Waals surface area contributed by atoms with Gasteiger partial charge in [0.1, 0.15) is 0 Å². The maximum atomic E-state index is 11.7. The van der Waals surface area contributed by atoms with Gasteiger partial charge in [-0.25, -0.2) is 0 Å². The molecular formula is C13H14N2OS. The van der Waals surface area contributed by atoms with Gasteiger partial charge in [0.15, 0.2) is 0 Å². The zero-order valence-electron chi connectivity index (χ0n) is 9.35. The van der Waals surface area contributed by atoms with Gasteiger partial charge in [-0.05, 0) is 41.5 Å². The van der Waals surface area contributed by atoms with Crippen LogP contribution in [0.1, 0.15) is 6.42 Å². The van der Waals surface area contributed by atoms with Crippen molar-refractivity contribution in [1.29, 1.82) is 0 Å². The van der Waals surface area contributed by atoms with Gasteiger partial charge in [-0.15, -0.1) is 17.9 Å². The number of amides is 1. The predicted octanol–water partition coefficient (Wildman–Crippen LogP) is 2.74. The summed E-state index contributed by atoms with van der Waals surface area (Å²) in [5.41, 5.74) is 6.47. The summed E-state index contributed by atoms with van der Waals surface area (Å²) < 4.78 is 1.21. The van der Waals surface area contributed by atoms with Crippen LogP contribution in [-0.2, 0) is 4.79 Å². The Morgan fingerprint density at radius 3 is 3.12 bits per heavy atom. The van der Waals surface area contributed by atoms with Gasteiger partial charge in [0.25, 0.3) is 0 Å². The van der Waals surface area contributed by atoms with Crippen molar-refractivity contribution in [3.63, 3.8) is 0 Å². The van der Waals surface area contributed by atoms with Gasteiger partial charge >= 0.3 is 0 Å². The van der Waals surface area contributed by atoms with Crippen molar-refractivity contribution in [3.05, 3.63) is 42.3 Å². The molecule has 0 spiro atoms. The van der Waals surface area contributed by atoms with E-state index in [0.29, 0.717) is 6.42 Å². The highest BCUT2D eigenvalue weighted by atomic mass is 32.1. The number of carbonyl (C=O) groups is 1. The van der Waals surface area contributed by atoms with Crippen LogP contribution in [0.3, 0.4) is 0 Å². The molecule has 0 aliphatic heterocycles. The van der Waals surface area contributed by atoms with Crippen molar-refractivity contribution in [1.82, 2.24) is 0 Å². The van der Waals surface area contributed by atoms with E-state index in [9.17, 15) is 4.79 Å². The third-order valence-corrected chi connectivity index (χ3v) is 3.38. The van der Waals surface area contributed by atoms with Crippen LogP contribution in [-0.4, -0.2) is 11.9 Å². The van der Waals surface area contributed by atoms with Crippen molar-refractivity contribution in [3.8, 4) is 0 Å². The maximum absolute atomic E-state index is 11.7. The number of thiophene rings is 1. The molecule has 1 unspecified atom stereocenters. The van der Waals surface area contributed by atoms with Gasteiger partial charge in [-0.2, -0.15) is 0 Å². The van der Waals surface area contributed by atoms with E-state index >= 15 is 0 Å². The first-order chi connectivity index (χ1) is 8.20. The zero-order chi connectivity index (χ0) is 12.3. The molecule has 1 heterocycles. The lowest BCUT2D eigenvalue weighted by molar-refractivity contribution is -0.117. The van der Waals surface area contributed by atoms with E-state index in [4.69, 9.17) is 5.73 Å². The number of rotatable bonds is 4. The first-order valence-corrected chi connectivity index (χ1v) is 6.23. The summed E-state index contributed by atoms with van der Waals surface area (Å²) in [5, 5.41) is 5.96. The molecule has 88 valence electrons. The van der Waals surface area contributed by atoms with Crippen LogP contribution in [0.25, 0.3) is 10.1 Å². The minimum Gasteiger partial charge on any atom is -0.325 e. The molecule has 0 fully saturated rings. The molecule has 1 aromatic carbocycles. The third kappa shape index (κ3) is 2.72. The summed E-state index contributed by atoms with van der Waals surface area (Å²) in [6.07, 6.45) is 2.12. The summed E-state index contributed by atoms with van der Waals surface area (Å²) in [4.78, 5) is 11.7. The number of nitrogens with one attached hydrogen (secondary N) is 1. The van der Waals surface area contributed by atoms with Crippen LogP contribution in [0.4, 0.5) is 5.69 Å². The van der Waals surface area contributed by atoms with Gasteiger partial charge in [-0.3, -0.25) is 4.79 Å². The molecule has 0 saturated heterocycles. The number of hydrogen-bond donors (Lipinski definition) is 2. The first kappa shape index (κ1) is 11.8. The second kappa shape index (κ2) is 5.12. The summed E-state index contributed by atoms with van der Waals surface area (Å²) in [5.74, 6) is -0.181. The van der Waals surface area contributed by atoms with E-state index in [1.165, 1.54) is 4.70 Å². The molecule has 3 nitrogen and oxygen atoms in total. The van der Waals surface area contributed by atoms with Gasteiger partial charge in [0, 0.05) is 10.4 Å². The number of carbonyl (C=O) groups excluding carboxylic acids is 1. The second-order valence-corrected chi connectivity index (χ2v) is 4.74. The largest absolute Gasteiger partial charge is 0.325 e. The van der Waals surface area contributed by atoms with Crippen LogP contribution in [0.2, 0.25) is 0 Å². The monoisotopic (exact) mass is 246 g/mol. The molecule has 17 heavy (non-hydrogen) atoms. The van der Waals surface area contributed by atoms with E-state index in [2.05, 4.69) is 11.9 Å². The number of hydrogen-bond acceptors (Lipinski definition) is 3. The van der Waals surface area contributed by atoms with Crippen molar-refractivity contribution < 1.29 is 4.79 Å². The molecule has 0 aliphatic carbocycles. The highest BCUT2D eigenvalue weighted by Gasteiger charge is 2.11. The first-order valence-electron chi connectivity index (χ1n) is 5.35. The molecule has 1 aromatic heterocycles. The summed E-state index contributed by atoms with van der Waals surface area (Å²) in [6.45, 7) is 3.57. The number of benzene rings is 1. The topological polar surface area (TPSA) is 55.1 Å². The number of nitrogens with two attached hydrogens (primary N) is 1. The lowest BCUT2D eigenvalue weighted by Crippen LogP contribution is -2.34. The van der Waals surface area contributed by atoms with Crippen LogP contribution < -0.4 is 11.1 Å². The van der Waals surface area contributed by atoms with Crippen LogP contribution in [0, 0.1) is 0 Å². The van der Waals surface area contributed by atoms with Crippen LogP contribution in [0.15, 0.2) is 42.3 Å². The molecule has 2 aromatic rings. The lowest BCUT2D eigenvalue weighted by atomic mass is 10.2. The molecule has 3 N–H and O–H groups in total. The fourth-order valence-corrected chi connectivity index (χ4v) is 2.34. The zero-order valence-corrected chi connectivity index (χ0v) is 10.2. The molecule has 0 radical (unpaired) electrons. The Kier molecular flexibility index (Phi) is 3.56. The minimum atomic E-state index is -0.536. The molecule has 0 aliphatic rings. The number of fused-ring (bicyclic) bond motifs is 1. The van der Waals surface area contributed by atoms with Gasteiger partial charge in [0.05, 0.1) is 6.04 Å². The molecule has 1 amide bonds. The summed E-state index contributed by atoms with van der Waals surface area (Å²) in [7, 11) is 0. The quantitative estimate of drug-likeness (QED) is 0.815. The van der Waals surface area contributed by atoms with E-state index in [1.54, 1.807) is 17.4 Å². The number of anilines is 1. The highest BCUT2D eigenvalue weighted by Crippen LogP contribution is 2.23. The Labute approximate surface area is 104 Å². The standard InChI is InChI=1S/C13H14N2OS/c1-2-3-11(14)13(16)15-10-4-5-12-9(8-10)6-7-17-12/h2,4-8,11H,1,3,14H2,(H,15,16). The van der Waals surface area contributed by atoms with Crippen molar-refractivity contribution in [2.24, 2.45) is 5.73 Å². The fraction of sp³-hybridized carbons (Fsp3) is 0.154. The average Bonchev–Trinajstić information content (AvgIpc) is 2.76. The fourth-order valence-electron chi connectivity index (χ4n) is 1.57. The molecule has 1 atom stereocenters. The Bertz CT molecular complexity index is 547. The van der Waals surface area contributed by atoms with Crippen molar-refractivity contribution >= 4 is 33.0 Å². The van der Waals surface area contributed by atoms with Crippen LogP contribution in [0.5, 0.6) is 0 Å². The highest BCUT2D eigenvalue weighted by molar-refractivity contribution is 7.17. The Hall–Kier alpha value is -1.65. The smallest absolute Gasteiger partial charge is 0.241 e. The SMILES string of the molecule is C=CCC(N)C(=O)Nc1ccc2sccc2c1. The van der Waals surface area contributed by atoms with Gasteiger partial charge in [-0.1, -0.05) is 6.08 Å². The molecule has 4 heteroatoms. The molecule has 0 bridgehead atoms. The van der Waals surface area contributed by atoms with E-state index < -0.39 is 6.04 Å². The van der Waals surface area contributed by atoms with Crippen molar-refractivity contribution in [2.75, 3.05) is 5.32 Å². The van der Waals surface area contributed by atoms with E-state index in [0.717, 1.165) is 11.1 Å². The second-order valence-electron chi connectivity index (χ2n) is 3.79. The van der Waals surface area contributed by atoms with Gasteiger partial charge in [0.2, 0.25) is 5.91 Å². The normalized spacial score (nSPS) is 12.3. The Balaban J connectivity index is 2.12. The predicted molar refractivity (Wildman–Crippen MR) is 73.2 cm³/mol. The van der Waals surface area contributed by atoms with E-state index in [1.807, 2.05) is 29.6 Å². The van der Waals surface area contributed by atoms with Crippen LogP contribution >= 0.6 is 11.3 Å². The average molecular weight is 246 g/mol. The summed E-state index contributed by atoms with van der Waals surface area (Å²) >= 11 is 1.68. The molecule has 2 rings (SSSR count). The summed E-state index contributed by atoms with van der Waals surface area (Å²) in [6, 6.07) is 7.32. The molecular weight excluding hydrogens is 232 g/mol. The third-order valence-electron chi connectivity index (χ3n) is 2.48. The van der Waals surface area contributed by atoms with Gasteiger partial charge < -0.3 is 11.1 Å². The lowest BCUT2D eigenvalue weighted by Gasteiger charge is -2.10. The Morgan fingerprint density at radius 1 is 1.53 bits per heavy atom. The molecule has 0 saturated carbocycles. The minimum absolute atomic E-state index is 0.181. The maximum Gasteiger partial charge on any atom is 0.241 e. The Morgan fingerprint density at radius 2 is 2.35 bits per heavy atom. The van der Waals surface area contributed by atoms with Crippen molar-refractivity contribution in [2.45, 2.75) is 12.5 Å².